The molecule has 3 heterocycles. The number of nitrogens with one attached hydrogen (secondary N) is 4. The average molecular weight is 1220 g/mol. The second kappa shape index (κ2) is 31.2. The molecule has 2 aliphatic rings. The van der Waals surface area contributed by atoms with Crippen LogP contribution in [0, 0.1) is 17.0 Å². The SMILES string of the molecule is C[C@@H](C(=O)NC(C(=O)N1Cc2cc(OCCCCCCCCCOCCCn3c(CNc4cccc(C(=O)NCc5c(F)cccc5F)c4)nnc3-c3ccncn3)ccc2C[C@H]1C(=O)N[C@@H]1CCCc2ccccc21)C(C)(C)C)N(C)C(=O)OC(C)(C)C. The van der Waals surface area contributed by atoms with E-state index in [0.29, 0.717) is 73.7 Å². The first-order valence-electron chi connectivity index (χ1n) is 31.2. The highest BCUT2D eigenvalue weighted by molar-refractivity contribution is 5.96. The first kappa shape index (κ1) is 66.6. The fourth-order valence-corrected chi connectivity index (χ4v) is 11.1. The Morgan fingerprint density at radius 2 is 1.49 bits per heavy atom. The van der Waals surface area contributed by atoms with Gasteiger partial charge in [0.2, 0.25) is 17.7 Å². The van der Waals surface area contributed by atoms with Gasteiger partial charge in [0.25, 0.3) is 5.91 Å². The first-order chi connectivity index (χ1) is 42.6. The lowest BCUT2D eigenvalue weighted by Crippen LogP contribution is -2.62. The van der Waals surface area contributed by atoms with Crippen LogP contribution in [0.3, 0.4) is 0 Å². The highest BCUT2D eigenvalue weighted by atomic mass is 19.1. The average Bonchev–Trinajstić information content (AvgIpc) is 1.53. The van der Waals surface area contributed by atoms with Crippen molar-refractivity contribution in [2.45, 2.75) is 181 Å². The number of hydrogen-bond acceptors (Lipinski definition) is 13. The number of amides is 5. The molecule has 6 aromatic rings. The van der Waals surface area contributed by atoms with E-state index in [2.05, 4.69) is 53.6 Å². The molecule has 8 rings (SSSR count). The molecule has 1 unspecified atom stereocenters. The number of ether oxygens (including phenoxy) is 3. The Labute approximate surface area is 521 Å². The molecule has 476 valence electrons. The van der Waals surface area contributed by atoms with Gasteiger partial charge in [0.05, 0.1) is 19.2 Å². The summed E-state index contributed by atoms with van der Waals surface area (Å²) in [6.45, 7) is 14.9. The van der Waals surface area contributed by atoms with E-state index in [9.17, 15) is 28.0 Å². The van der Waals surface area contributed by atoms with Crippen LogP contribution < -0.4 is 26.0 Å². The van der Waals surface area contributed by atoms with E-state index in [1.807, 2.05) is 61.7 Å². The van der Waals surface area contributed by atoms with Crippen LogP contribution in [0.4, 0.5) is 19.3 Å². The Kier molecular flexibility index (Phi) is 23.4. The van der Waals surface area contributed by atoms with Gasteiger partial charge in [-0.05, 0) is 142 Å². The van der Waals surface area contributed by atoms with Crippen molar-refractivity contribution < 1.29 is 47.0 Å². The summed E-state index contributed by atoms with van der Waals surface area (Å²) in [6.07, 6.45) is 13.3. The Hall–Kier alpha value is -8.33. The zero-order valence-corrected chi connectivity index (χ0v) is 52.7. The molecule has 0 radical (unpaired) electrons. The summed E-state index contributed by atoms with van der Waals surface area (Å²) >= 11 is 0. The molecular formula is C68H87F2N11O8. The van der Waals surface area contributed by atoms with Crippen LogP contribution in [-0.2, 0) is 62.9 Å². The van der Waals surface area contributed by atoms with Gasteiger partial charge in [-0.2, -0.15) is 0 Å². The Morgan fingerprint density at radius 3 is 2.22 bits per heavy atom. The van der Waals surface area contributed by atoms with Gasteiger partial charge in [-0.15, -0.1) is 10.2 Å². The molecule has 1 aliphatic heterocycles. The molecule has 21 heteroatoms. The van der Waals surface area contributed by atoms with E-state index >= 15 is 4.79 Å². The number of nitrogens with zero attached hydrogens (tertiary/aromatic N) is 7. The maximum absolute atomic E-state index is 15.1. The Morgan fingerprint density at radius 1 is 0.775 bits per heavy atom. The first-order valence-corrected chi connectivity index (χ1v) is 31.2. The Bertz CT molecular complexity index is 3350. The maximum Gasteiger partial charge on any atom is 0.410 e. The molecule has 19 nitrogen and oxygen atoms in total. The lowest BCUT2D eigenvalue weighted by atomic mass is 9.83. The van der Waals surface area contributed by atoms with Crippen LogP contribution in [0.25, 0.3) is 11.5 Å². The lowest BCUT2D eigenvalue weighted by Gasteiger charge is -2.42. The number of aromatic nitrogens is 5. The number of likely N-dealkylation sites (N-methyl/N-ethyl adjacent to an activating group) is 1. The summed E-state index contributed by atoms with van der Waals surface area (Å²) in [5, 5.41) is 21.1. The number of halogens is 2. The summed E-state index contributed by atoms with van der Waals surface area (Å²) in [7, 11) is 1.49. The van der Waals surface area contributed by atoms with Crippen LogP contribution in [0.5, 0.6) is 5.75 Å². The van der Waals surface area contributed by atoms with Gasteiger partial charge in [-0.3, -0.25) is 24.1 Å². The van der Waals surface area contributed by atoms with Crippen LogP contribution in [0.2, 0.25) is 0 Å². The minimum Gasteiger partial charge on any atom is -0.494 e. The van der Waals surface area contributed by atoms with Crippen LogP contribution in [0.15, 0.2) is 104 Å². The van der Waals surface area contributed by atoms with E-state index in [4.69, 9.17) is 14.2 Å². The van der Waals surface area contributed by atoms with Gasteiger partial charge < -0.3 is 44.9 Å². The molecule has 0 fully saturated rings. The predicted molar refractivity (Wildman–Crippen MR) is 335 cm³/mol. The van der Waals surface area contributed by atoms with Crippen molar-refractivity contribution in [3.63, 3.8) is 0 Å². The second-order valence-corrected chi connectivity index (χ2v) is 25.1. The van der Waals surface area contributed by atoms with Crippen LogP contribution in [-0.4, -0.2) is 115 Å². The Balaban J connectivity index is 0.773. The third-order valence-corrected chi connectivity index (χ3v) is 16.2. The van der Waals surface area contributed by atoms with E-state index in [1.54, 1.807) is 63.1 Å². The number of anilines is 1. The fourth-order valence-electron chi connectivity index (χ4n) is 11.1. The van der Waals surface area contributed by atoms with Crippen molar-refractivity contribution in [2.24, 2.45) is 5.41 Å². The van der Waals surface area contributed by atoms with E-state index in [1.165, 1.54) is 29.9 Å². The molecule has 0 bridgehead atoms. The van der Waals surface area contributed by atoms with Gasteiger partial charge in [-0.1, -0.05) is 95.3 Å². The number of unbranched alkanes of at least 4 members (excludes halogenated alkanes) is 6. The van der Waals surface area contributed by atoms with Crippen molar-refractivity contribution in [2.75, 3.05) is 32.2 Å². The third-order valence-electron chi connectivity index (χ3n) is 16.2. The van der Waals surface area contributed by atoms with Crippen molar-refractivity contribution in [3.8, 4) is 17.3 Å². The molecule has 1 aliphatic carbocycles. The van der Waals surface area contributed by atoms with E-state index in [-0.39, 0.29) is 37.0 Å². The van der Waals surface area contributed by atoms with Gasteiger partial charge in [0.1, 0.15) is 53.1 Å². The molecule has 4 atom stereocenters. The van der Waals surface area contributed by atoms with Crippen molar-refractivity contribution in [1.82, 2.24) is 50.5 Å². The lowest BCUT2D eigenvalue weighted by molar-refractivity contribution is -0.147. The zero-order valence-electron chi connectivity index (χ0n) is 52.7. The fraction of sp³-hybridized carbons (Fsp3) is 0.485. The van der Waals surface area contributed by atoms with E-state index < -0.39 is 64.6 Å². The van der Waals surface area contributed by atoms with Gasteiger partial charge in [-0.25, -0.2) is 23.5 Å². The summed E-state index contributed by atoms with van der Waals surface area (Å²) in [4.78, 5) is 80.8. The molecule has 4 N–H and O–H groups in total. The number of rotatable bonds is 28. The quantitative estimate of drug-likeness (QED) is 0.0336. The topological polar surface area (TPSA) is 224 Å². The molecule has 5 amide bonds. The van der Waals surface area contributed by atoms with Crippen LogP contribution >= 0.6 is 0 Å². The molecule has 89 heavy (non-hydrogen) atoms. The van der Waals surface area contributed by atoms with Gasteiger partial charge in [0.15, 0.2) is 11.6 Å². The van der Waals surface area contributed by atoms with Crippen LogP contribution in [0.1, 0.15) is 163 Å². The van der Waals surface area contributed by atoms with Crippen molar-refractivity contribution in [3.05, 3.63) is 154 Å². The molecule has 0 spiro atoms. The number of hydrogen-bond donors (Lipinski definition) is 4. The standard InChI is InChI=1S/C68H87F2N11O8/c1-45(79(8)66(86)89-68(5,6)7)62(82)76-60(67(2,3)4)65(85)81-43-49-39-51(31-30-47(49)40-58(81)64(84)75-56-29-19-23-46-22-14-15-26-52(46)56)88-37-17-13-11-9-10-12-16-35-87-36-21-34-80-59(77-78-61(80)57-32-33-71-44-74-57)42-72-50-25-18-24-48(38-50)63(83)73-41-53-54(69)27-20-28-55(53)70/h14-15,18,20,22,24-28,30-33,38-39,44-45,56,58,60,72H,9-13,16-17,19,21,23,29,34-37,40-43H2,1-8H3,(H,73,83)(H,75,84)(H,76,82)/t45-,56+,58-,60?/m0/s1. The number of aryl methyl sites for hydroxylation is 1. The normalized spacial score (nSPS) is 15.4. The van der Waals surface area contributed by atoms with Crippen molar-refractivity contribution >= 4 is 35.4 Å². The van der Waals surface area contributed by atoms with Gasteiger partial charge >= 0.3 is 6.09 Å². The molecule has 0 saturated carbocycles. The smallest absolute Gasteiger partial charge is 0.410 e. The molecular weight excluding hydrogens is 1140 g/mol. The number of carbonyl (C=O) groups is 5. The summed E-state index contributed by atoms with van der Waals surface area (Å²) < 4.78 is 48.2. The predicted octanol–water partition coefficient (Wildman–Crippen LogP) is 11.0. The number of carbonyl (C=O) groups excluding carboxylic acids is 5. The number of fused-ring (bicyclic) bond motifs is 2. The summed E-state index contributed by atoms with van der Waals surface area (Å²) in [6, 6.07) is 23.2. The minimum atomic E-state index is -1.03. The van der Waals surface area contributed by atoms with Crippen molar-refractivity contribution in [1.29, 1.82) is 0 Å². The summed E-state index contributed by atoms with van der Waals surface area (Å²) in [5.74, 6) is -1.15. The number of benzene rings is 4. The molecule has 2 aromatic heterocycles. The highest BCUT2D eigenvalue weighted by Crippen LogP contribution is 2.34. The zero-order chi connectivity index (χ0) is 63.7. The van der Waals surface area contributed by atoms with E-state index in [0.717, 1.165) is 93.0 Å². The minimum absolute atomic E-state index is 0.137. The molecule has 0 saturated heterocycles. The second-order valence-electron chi connectivity index (χ2n) is 25.1. The maximum atomic E-state index is 15.1. The highest BCUT2D eigenvalue weighted by Gasteiger charge is 2.44. The monoisotopic (exact) mass is 1220 g/mol. The molecule has 4 aromatic carbocycles. The summed E-state index contributed by atoms with van der Waals surface area (Å²) in [5.41, 5.74) is 3.98. The third kappa shape index (κ3) is 18.6. The largest absolute Gasteiger partial charge is 0.494 e. The van der Waals surface area contributed by atoms with Gasteiger partial charge in [0, 0.05) is 69.3 Å².